The Morgan fingerprint density at radius 1 is 0.852 bits per heavy atom. The van der Waals surface area contributed by atoms with Crippen molar-refractivity contribution >= 4 is 23.2 Å². The van der Waals surface area contributed by atoms with Gasteiger partial charge in [-0.2, -0.15) is 0 Å². The van der Waals surface area contributed by atoms with E-state index in [2.05, 4.69) is 0 Å². The standard InChI is InChI=1S/C22H26N2O3/c1-14-8-6-9-15(2)19(14)23-21-22(27-18(12-25-5)13-26-21)24-20-16(3)10-7-11-17(20)4/h6-11,18H,12-13H2,1-5H3/b23-21-,24-22+. The fraction of sp³-hybridized carbons (Fsp3) is 0.364. The highest BCUT2D eigenvalue weighted by Crippen LogP contribution is 2.27. The molecule has 0 spiro atoms. The molecule has 0 aromatic heterocycles. The second-order valence-electron chi connectivity index (χ2n) is 6.82. The molecule has 27 heavy (non-hydrogen) atoms. The molecule has 0 saturated carbocycles. The number of aliphatic imine (C=N–C) groups is 2. The van der Waals surface area contributed by atoms with Gasteiger partial charge in [-0.05, 0) is 49.9 Å². The van der Waals surface area contributed by atoms with Crippen LogP contribution in [0.25, 0.3) is 0 Å². The summed E-state index contributed by atoms with van der Waals surface area (Å²) in [6.45, 7) is 8.94. The van der Waals surface area contributed by atoms with Gasteiger partial charge in [0.15, 0.2) is 6.10 Å². The molecule has 142 valence electrons. The molecule has 1 fully saturated rings. The number of para-hydroxylation sites is 2. The maximum absolute atomic E-state index is 6.07. The van der Waals surface area contributed by atoms with E-state index in [-0.39, 0.29) is 6.10 Å². The number of hydrogen-bond acceptors (Lipinski definition) is 5. The van der Waals surface area contributed by atoms with Gasteiger partial charge in [0, 0.05) is 7.11 Å². The first kappa shape index (κ1) is 19.1. The van der Waals surface area contributed by atoms with Crippen molar-refractivity contribution in [2.24, 2.45) is 9.98 Å². The van der Waals surface area contributed by atoms with Gasteiger partial charge < -0.3 is 14.2 Å². The molecule has 2 aromatic carbocycles. The summed E-state index contributed by atoms with van der Waals surface area (Å²) in [5.41, 5.74) is 6.07. The van der Waals surface area contributed by atoms with Crippen LogP contribution in [0.3, 0.4) is 0 Å². The van der Waals surface area contributed by atoms with Crippen LogP contribution in [-0.4, -0.2) is 38.2 Å². The Bertz CT molecular complexity index is 847. The van der Waals surface area contributed by atoms with E-state index in [0.717, 1.165) is 33.6 Å². The Hall–Kier alpha value is -2.66. The molecule has 5 heteroatoms. The number of benzene rings is 2. The molecule has 1 aliphatic heterocycles. The van der Waals surface area contributed by atoms with Gasteiger partial charge in [0.2, 0.25) is 0 Å². The Morgan fingerprint density at radius 2 is 1.33 bits per heavy atom. The largest absolute Gasteiger partial charge is 0.470 e. The molecule has 3 rings (SSSR count). The second-order valence-corrected chi connectivity index (χ2v) is 6.82. The topological polar surface area (TPSA) is 52.4 Å². The van der Waals surface area contributed by atoms with Crippen molar-refractivity contribution in [1.29, 1.82) is 0 Å². The minimum Gasteiger partial charge on any atom is -0.470 e. The molecule has 5 nitrogen and oxygen atoms in total. The molecule has 1 unspecified atom stereocenters. The first-order chi connectivity index (χ1) is 13.0. The Balaban J connectivity index is 2.06. The van der Waals surface area contributed by atoms with Gasteiger partial charge in [-0.15, -0.1) is 0 Å². The van der Waals surface area contributed by atoms with E-state index in [1.165, 1.54) is 0 Å². The predicted octanol–water partition coefficient (Wildman–Crippen LogP) is 4.74. The van der Waals surface area contributed by atoms with E-state index in [0.29, 0.717) is 25.0 Å². The summed E-state index contributed by atoms with van der Waals surface area (Å²) in [7, 11) is 1.64. The molecular weight excluding hydrogens is 340 g/mol. The molecule has 0 N–H and O–H groups in total. The summed E-state index contributed by atoms with van der Waals surface area (Å²) < 4.78 is 17.2. The van der Waals surface area contributed by atoms with Crippen LogP contribution in [0.2, 0.25) is 0 Å². The van der Waals surface area contributed by atoms with Crippen LogP contribution in [0, 0.1) is 27.7 Å². The van der Waals surface area contributed by atoms with Gasteiger partial charge in [0.25, 0.3) is 11.8 Å². The minimum atomic E-state index is -0.213. The summed E-state index contributed by atoms with van der Waals surface area (Å²) in [5.74, 6) is 0.797. The molecule has 0 aliphatic carbocycles. The van der Waals surface area contributed by atoms with Crippen molar-refractivity contribution in [2.45, 2.75) is 33.8 Å². The highest BCUT2D eigenvalue weighted by Gasteiger charge is 2.27. The van der Waals surface area contributed by atoms with Crippen LogP contribution >= 0.6 is 0 Å². The Labute approximate surface area is 160 Å². The molecule has 0 amide bonds. The van der Waals surface area contributed by atoms with E-state index in [9.17, 15) is 0 Å². The normalized spacial score (nSPS) is 19.8. The fourth-order valence-electron chi connectivity index (χ4n) is 3.07. The predicted molar refractivity (Wildman–Crippen MR) is 109 cm³/mol. The summed E-state index contributed by atoms with van der Waals surface area (Å²) in [6.07, 6.45) is -0.213. The molecular formula is C22H26N2O3. The quantitative estimate of drug-likeness (QED) is 0.785. The lowest BCUT2D eigenvalue weighted by molar-refractivity contribution is 0.0245. The molecule has 2 aromatic rings. The van der Waals surface area contributed by atoms with E-state index in [1.807, 2.05) is 64.1 Å². The lowest BCUT2D eigenvalue weighted by Crippen LogP contribution is -2.39. The van der Waals surface area contributed by atoms with Crippen molar-refractivity contribution in [3.05, 3.63) is 58.7 Å². The van der Waals surface area contributed by atoms with Crippen LogP contribution in [-0.2, 0) is 14.2 Å². The minimum absolute atomic E-state index is 0.213. The van der Waals surface area contributed by atoms with Gasteiger partial charge in [0.1, 0.15) is 6.61 Å². The smallest absolute Gasteiger partial charge is 0.279 e. The van der Waals surface area contributed by atoms with Crippen LogP contribution in [0.1, 0.15) is 22.3 Å². The zero-order valence-electron chi connectivity index (χ0n) is 16.6. The van der Waals surface area contributed by atoms with Crippen molar-refractivity contribution in [2.75, 3.05) is 20.3 Å². The lowest BCUT2D eigenvalue weighted by atomic mass is 10.1. The van der Waals surface area contributed by atoms with Gasteiger partial charge in [-0.1, -0.05) is 36.4 Å². The summed E-state index contributed by atoms with van der Waals surface area (Å²) in [5, 5.41) is 0. The van der Waals surface area contributed by atoms with Crippen molar-refractivity contribution in [3.63, 3.8) is 0 Å². The van der Waals surface area contributed by atoms with Gasteiger partial charge in [-0.25, -0.2) is 9.98 Å². The summed E-state index contributed by atoms with van der Waals surface area (Å²) >= 11 is 0. The number of nitrogens with zero attached hydrogens (tertiary/aromatic N) is 2. The van der Waals surface area contributed by atoms with Gasteiger partial charge in [-0.3, -0.25) is 0 Å². The maximum atomic E-state index is 6.07. The number of aryl methyl sites for hydroxylation is 4. The van der Waals surface area contributed by atoms with Crippen molar-refractivity contribution < 1.29 is 14.2 Å². The van der Waals surface area contributed by atoms with E-state index >= 15 is 0 Å². The molecule has 1 saturated heterocycles. The average molecular weight is 366 g/mol. The van der Waals surface area contributed by atoms with Crippen LogP contribution in [0.5, 0.6) is 0 Å². The first-order valence-electron chi connectivity index (χ1n) is 9.08. The summed E-state index contributed by atoms with van der Waals surface area (Å²) in [6, 6.07) is 12.2. The number of rotatable bonds is 4. The third-order valence-corrected chi connectivity index (χ3v) is 4.53. The monoisotopic (exact) mass is 366 g/mol. The second kappa shape index (κ2) is 8.35. The molecule has 1 heterocycles. The lowest BCUT2D eigenvalue weighted by Gasteiger charge is -2.26. The summed E-state index contributed by atoms with van der Waals surface area (Å²) in [4.78, 5) is 9.52. The third-order valence-electron chi connectivity index (χ3n) is 4.53. The number of methoxy groups -OCH3 is 1. The van der Waals surface area contributed by atoms with Crippen molar-refractivity contribution in [1.82, 2.24) is 0 Å². The zero-order valence-corrected chi connectivity index (χ0v) is 16.6. The van der Waals surface area contributed by atoms with Crippen LogP contribution < -0.4 is 0 Å². The first-order valence-corrected chi connectivity index (χ1v) is 9.08. The average Bonchev–Trinajstić information content (AvgIpc) is 2.63. The maximum Gasteiger partial charge on any atom is 0.279 e. The fourth-order valence-corrected chi connectivity index (χ4v) is 3.07. The van der Waals surface area contributed by atoms with E-state index in [4.69, 9.17) is 24.2 Å². The van der Waals surface area contributed by atoms with Crippen LogP contribution in [0.4, 0.5) is 11.4 Å². The molecule has 0 bridgehead atoms. The highest BCUT2D eigenvalue weighted by atomic mass is 16.6. The molecule has 0 radical (unpaired) electrons. The number of hydrogen-bond donors (Lipinski definition) is 0. The highest BCUT2D eigenvalue weighted by molar-refractivity contribution is 6.36. The van der Waals surface area contributed by atoms with Gasteiger partial charge in [0.05, 0.1) is 18.0 Å². The Kier molecular flexibility index (Phi) is 5.91. The molecule has 1 atom stereocenters. The third kappa shape index (κ3) is 4.37. The molecule has 1 aliphatic rings. The van der Waals surface area contributed by atoms with Crippen molar-refractivity contribution in [3.8, 4) is 0 Å². The van der Waals surface area contributed by atoms with Crippen LogP contribution in [0.15, 0.2) is 46.4 Å². The SMILES string of the molecule is COCC1COC(=N\c2c(C)cccc2C)/C(=N\c2c(C)cccc2C)O1. The number of ether oxygens (including phenoxy) is 3. The van der Waals surface area contributed by atoms with E-state index < -0.39 is 0 Å². The zero-order chi connectivity index (χ0) is 19.4. The van der Waals surface area contributed by atoms with Gasteiger partial charge >= 0.3 is 0 Å². The Morgan fingerprint density at radius 3 is 1.81 bits per heavy atom. The van der Waals surface area contributed by atoms with E-state index in [1.54, 1.807) is 7.11 Å².